The molecule has 4 heterocycles. The summed E-state index contributed by atoms with van der Waals surface area (Å²) in [5.74, 6) is -0.706. The first kappa shape index (κ1) is 37.6. The van der Waals surface area contributed by atoms with Gasteiger partial charge in [-0.3, -0.25) is 4.79 Å². The van der Waals surface area contributed by atoms with Crippen LogP contribution in [0.3, 0.4) is 0 Å². The van der Waals surface area contributed by atoms with Crippen LogP contribution in [-0.4, -0.2) is 198 Å². The van der Waals surface area contributed by atoms with Crippen LogP contribution in [0.4, 0.5) is 0 Å². The summed E-state index contributed by atoms with van der Waals surface area (Å²) in [5, 5.41) is 117. The van der Waals surface area contributed by atoms with Crippen molar-refractivity contribution in [2.24, 2.45) is 0 Å². The van der Waals surface area contributed by atoms with Gasteiger partial charge in [0.2, 0.25) is 5.91 Å². The van der Waals surface area contributed by atoms with E-state index < -0.39 is 142 Å². The molecule has 0 spiro atoms. The number of carbonyl (C=O) groups excluding carboxylic acids is 1. The average molecular weight is 676 g/mol. The molecule has 46 heavy (non-hydrogen) atoms. The SMILES string of the molecule is CC(=O)NC1[C@H](OC2[C@H](O)OC(C)[C@H](O)[C@@H]2O[C@H]2O[C@@H](CO)[C@@H](O)C(O)C2O)OC(CO)[C@@H](O)[C@@H]1O[C@@H]1OC(C)[C@H](O)[C@H](O)C1O. The van der Waals surface area contributed by atoms with Gasteiger partial charge in [-0.1, -0.05) is 0 Å². The third-order valence-electron chi connectivity index (χ3n) is 8.53. The Labute approximate surface area is 262 Å². The lowest BCUT2D eigenvalue weighted by Gasteiger charge is -2.50. The Hall–Kier alpha value is -1.25. The van der Waals surface area contributed by atoms with E-state index in [4.69, 9.17) is 33.2 Å². The largest absolute Gasteiger partial charge is 0.394 e. The number of amides is 1. The number of aliphatic hydroxyl groups is 11. The standard InChI is InChI=1S/C26H45NO19/c1-6-12(31)16(35)18(37)25(41-6)44-20-11(27-8(3)30)24(42-10(5-29)15(20)34)46-22-21(13(32)7(2)40-23(22)39)45-26-19(38)17(36)14(33)9(4-28)43-26/h6-7,9-26,28-29,31-39H,4-5H2,1-3H3,(H,27,30)/t6?,7?,9-,10?,11?,12-,13-,14+,15+,16-,17?,18?,19?,20+,21-,22?,23+,24-,25-,26+/m0/s1. The second-order valence-corrected chi connectivity index (χ2v) is 11.8. The Morgan fingerprint density at radius 3 is 1.63 bits per heavy atom. The van der Waals surface area contributed by atoms with Crippen molar-refractivity contribution in [1.82, 2.24) is 5.32 Å². The zero-order chi connectivity index (χ0) is 34.2. The van der Waals surface area contributed by atoms with E-state index in [0.29, 0.717) is 0 Å². The summed E-state index contributed by atoms with van der Waals surface area (Å²) in [6.07, 6.45) is -30.9. The van der Waals surface area contributed by atoms with Gasteiger partial charge in [-0.15, -0.1) is 0 Å². The highest BCUT2D eigenvalue weighted by Gasteiger charge is 2.55. The van der Waals surface area contributed by atoms with Gasteiger partial charge in [-0.05, 0) is 13.8 Å². The van der Waals surface area contributed by atoms with E-state index in [0.717, 1.165) is 6.92 Å². The van der Waals surface area contributed by atoms with Gasteiger partial charge in [0.1, 0.15) is 85.4 Å². The monoisotopic (exact) mass is 675 g/mol. The number of nitrogens with one attached hydrogen (secondary N) is 1. The second-order valence-electron chi connectivity index (χ2n) is 11.8. The van der Waals surface area contributed by atoms with Gasteiger partial charge in [-0.2, -0.15) is 0 Å². The minimum Gasteiger partial charge on any atom is -0.394 e. The molecule has 1 amide bonds. The molecule has 0 aromatic carbocycles. The molecule has 8 unspecified atom stereocenters. The number of aliphatic hydroxyl groups excluding tert-OH is 11. The predicted octanol–water partition coefficient (Wildman–Crippen LogP) is -7.55. The van der Waals surface area contributed by atoms with Crippen LogP contribution in [0.5, 0.6) is 0 Å². The van der Waals surface area contributed by atoms with E-state index in [9.17, 15) is 61.0 Å². The van der Waals surface area contributed by atoms with Crippen molar-refractivity contribution in [1.29, 1.82) is 0 Å². The summed E-state index contributed by atoms with van der Waals surface area (Å²) in [4.78, 5) is 12.3. The van der Waals surface area contributed by atoms with Gasteiger partial charge in [-0.25, -0.2) is 0 Å². The van der Waals surface area contributed by atoms with Crippen LogP contribution in [0, 0.1) is 0 Å². The molecule has 4 rings (SSSR count). The Morgan fingerprint density at radius 2 is 1.04 bits per heavy atom. The fourth-order valence-corrected chi connectivity index (χ4v) is 5.81. The van der Waals surface area contributed by atoms with Crippen molar-refractivity contribution in [2.75, 3.05) is 13.2 Å². The molecule has 4 fully saturated rings. The number of hydrogen-bond acceptors (Lipinski definition) is 19. The van der Waals surface area contributed by atoms with Crippen LogP contribution in [0.25, 0.3) is 0 Å². The van der Waals surface area contributed by atoms with Gasteiger partial charge in [0.15, 0.2) is 25.2 Å². The highest BCUT2D eigenvalue weighted by molar-refractivity contribution is 5.73. The molecule has 0 saturated carbocycles. The molecule has 20 nitrogen and oxygen atoms in total. The molecule has 0 aromatic rings. The van der Waals surface area contributed by atoms with Crippen molar-refractivity contribution in [3.8, 4) is 0 Å². The predicted molar refractivity (Wildman–Crippen MR) is 143 cm³/mol. The van der Waals surface area contributed by atoms with E-state index in [1.165, 1.54) is 13.8 Å². The van der Waals surface area contributed by atoms with E-state index in [1.807, 2.05) is 0 Å². The van der Waals surface area contributed by atoms with Crippen molar-refractivity contribution in [2.45, 2.75) is 144 Å². The van der Waals surface area contributed by atoms with Crippen molar-refractivity contribution >= 4 is 5.91 Å². The first-order valence-electron chi connectivity index (χ1n) is 14.8. The average Bonchev–Trinajstić information content (AvgIpc) is 3.01. The first-order chi connectivity index (χ1) is 21.6. The minimum atomic E-state index is -1.90. The smallest absolute Gasteiger partial charge is 0.217 e. The molecule has 0 aromatic heterocycles. The third kappa shape index (κ3) is 7.64. The van der Waals surface area contributed by atoms with Crippen LogP contribution in [0.15, 0.2) is 0 Å². The highest BCUT2D eigenvalue weighted by atomic mass is 16.8. The summed E-state index contributed by atoms with van der Waals surface area (Å²) < 4.78 is 39.4. The topological polar surface area (TPSA) is 316 Å². The summed E-state index contributed by atoms with van der Waals surface area (Å²) in [7, 11) is 0. The molecular weight excluding hydrogens is 630 g/mol. The van der Waals surface area contributed by atoms with Crippen LogP contribution >= 0.6 is 0 Å². The molecule has 4 aliphatic heterocycles. The van der Waals surface area contributed by atoms with E-state index in [1.54, 1.807) is 0 Å². The molecule has 4 saturated heterocycles. The molecule has 20 atom stereocenters. The fraction of sp³-hybridized carbons (Fsp3) is 0.962. The molecule has 4 aliphatic rings. The van der Waals surface area contributed by atoms with E-state index in [2.05, 4.69) is 5.32 Å². The lowest BCUT2D eigenvalue weighted by atomic mass is 9.94. The maximum Gasteiger partial charge on any atom is 0.217 e. The molecule has 0 radical (unpaired) electrons. The number of hydrogen-bond donors (Lipinski definition) is 12. The Bertz CT molecular complexity index is 995. The molecular formula is C26H45NO19. The van der Waals surface area contributed by atoms with Crippen molar-refractivity contribution in [3.63, 3.8) is 0 Å². The quantitative estimate of drug-likeness (QED) is 0.108. The Kier molecular flexibility index (Phi) is 12.7. The molecule has 268 valence electrons. The third-order valence-corrected chi connectivity index (χ3v) is 8.53. The Balaban J connectivity index is 1.63. The lowest BCUT2D eigenvalue weighted by molar-refractivity contribution is -0.385. The molecule has 12 N–H and O–H groups in total. The summed E-state index contributed by atoms with van der Waals surface area (Å²) in [6, 6.07) is -1.51. The first-order valence-corrected chi connectivity index (χ1v) is 14.8. The lowest BCUT2D eigenvalue weighted by Crippen LogP contribution is -2.70. The normalized spacial score (nSPS) is 51.9. The van der Waals surface area contributed by atoms with Gasteiger partial charge >= 0.3 is 0 Å². The number of rotatable bonds is 9. The maximum atomic E-state index is 12.3. The van der Waals surface area contributed by atoms with Gasteiger partial charge in [0, 0.05) is 6.92 Å². The van der Waals surface area contributed by atoms with Gasteiger partial charge in [0.25, 0.3) is 0 Å². The molecule has 0 bridgehead atoms. The minimum absolute atomic E-state index is 0.706. The van der Waals surface area contributed by atoms with E-state index >= 15 is 0 Å². The molecule has 0 aliphatic carbocycles. The fourth-order valence-electron chi connectivity index (χ4n) is 5.81. The summed E-state index contributed by atoms with van der Waals surface area (Å²) >= 11 is 0. The Morgan fingerprint density at radius 1 is 0.565 bits per heavy atom. The van der Waals surface area contributed by atoms with Crippen LogP contribution in [0.1, 0.15) is 20.8 Å². The van der Waals surface area contributed by atoms with Gasteiger partial charge in [0.05, 0.1) is 25.4 Å². The highest BCUT2D eigenvalue weighted by Crippen LogP contribution is 2.34. The summed E-state index contributed by atoms with van der Waals surface area (Å²) in [5.41, 5.74) is 0. The van der Waals surface area contributed by atoms with Crippen LogP contribution < -0.4 is 5.32 Å². The molecule has 20 heteroatoms. The zero-order valence-electron chi connectivity index (χ0n) is 25.1. The number of ether oxygens (including phenoxy) is 7. The van der Waals surface area contributed by atoms with Crippen molar-refractivity contribution in [3.05, 3.63) is 0 Å². The van der Waals surface area contributed by atoms with Gasteiger partial charge < -0.3 is 94.6 Å². The van der Waals surface area contributed by atoms with Crippen LogP contribution in [-0.2, 0) is 38.0 Å². The van der Waals surface area contributed by atoms with Crippen molar-refractivity contribution < 1.29 is 94.1 Å². The maximum absolute atomic E-state index is 12.3. The summed E-state index contributed by atoms with van der Waals surface area (Å²) in [6.45, 7) is 2.23. The number of carbonyl (C=O) groups is 1. The second kappa shape index (κ2) is 15.5. The zero-order valence-corrected chi connectivity index (χ0v) is 25.1. The van der Waals surface area contributed by atoms with E-state index in [-0.39, 0.29) is 0 Å². The van der Waals surface area contributed by atoms with Crippen LogP contribution in [0.2, 0.25) is 0 Å².